The van der Waals surface area contributed by atoms with E-state index in [4.69, 9.17) is 0 Å². The number of nitrogens with zero attached hydrogens (tertiary/aromatic N) is 3. The van der Waals surface area contributed by atoms with Crippen LogP contribution >= 0.6 is 0 Å². The molecule has 0 fully saturated rings. The zero-order chi connectivity index (χ0) is 42.6. The van der Waals surface area contributed by atoms with Crippen LogP contribution in [0, 0.1) is 34.6 Å². The molecule has 0 atom stereocenters. The quantitative estimate of drug-likeness (QED) is 0.129. The maximum atomic E-state index is 2.41. The number of para-hydroxylation sites is 1. The van der Waals surface area contributed by atoms with Crippen LogP contribution in [0.25, 0.3) is 22.3 Å². The predicted molar refractivity (Wildman–Crippen MR) is 265 cm³/mol. The van der Waals surface area contributed by atoms with Crippen LogP contribution in [0.1, 0.15) is 27.8 Å². The van der Waals surface area contributed by atoms with Gasteiger partial charge in [0.05, 0.1) is 11.4 Å². The number of benzene rings is 9. The lowest BCUT2D eigenvalue weighted by Crippen LogP contribution is -2.16. The van der Waals surface area contributed by atoms with E-state index in [1.54, 1.807) is 0 Å². The third-order valence-electron chi connectivity index (χ3n) is 11.7. The van der Waals surface area contributed by atoms with Crippen molar-refractivity contribution in [2.24, 2.45) is 0 Å². The minimum Gasteiger partial charge on any atom is -0.311 e. The molecule has 0 bridgehead atoms. The summed E-state index contributed by atoms with van der Waals surface area (Å²) in [6, 6.07) is 79.4. The van der Waals surface area contributed by atoms with Crippen LogP contribution in [-0.4, -0.2) is 0 Å². The summed E-state index contributed by atoms with van der Waals surface area (Å²) in [5, 5.41) is 0. The Hall–Kier alpha value is -7.62. The highest BCUT2D eigenvalue weighted by Crippen LogP contribution is 2.47. The average molecular weight is 802 g/mol. The van der Waals surface area contributed by atoms with E-state index in [2.05, 4.69) is 268 Å². The van der Waals surface area contributed by atoms with Crippen molar-refractivity contribution < 1.29 is 0 Å². The third-order valence-corrected chi connectivity index (χ3v) is 11.7. The van der Waals surface area contributed by atoms with Crippen molar-refractivity contribution in [2.75, 3.05) is 14.7 Å². The van der Waals surface area contributed by atoms with Gasteiger partial charge in [-0.2, -0.15) is 0 Å². The summed E-state index contributed by atoms with van der Waals surface area (Å²) in [6.07, 6.45) is 0. The number of rotatable bonds is 11. The molecular weight excluding hydrogens is 751 g/mol. The Morgan fingerprint density at radius 1 is 0.226 bits per heavy atom. The molecule has 0 aliphatic heterocycles. The maximum absolute atomic E-state index is 2.41. The molecule has 3 nitrogen and oxygen atoms in total. The fourth-order valence-corrected chi connectivity index (χ4v) is 8.21. The van der Waals surface area contributed by atoms with Crippen LogP contribution < -0.4 is 14.7 Å². The van der Waals surface area contributed by atoms with Crippen molar-refractivity contribution in [2.45, 2.75) is 34.6 Å². The molecule has 0 saturated heterocycles. The Morgan fingerprint density at radius 2 is 0.484 bits per heavy atom. The van der Waals surface area contributed by atoms with Crippen LogP contribution in [0.4, 0.5) is 51.2 Å². The lowest BCUT2D eigenvalue weighted by Gasteiger charge is -2.33. The Bertz CT molecular complexity index is 2790. The SMILES string of the molecule is Cc1ccc(N(c2ccc(C)cc2)c2ccc(-c3cc(N(c4ccc(C)cc4)c4ccc(C)cc4)c(C)c(N(c4ccccc4)c4ccc(-c5ccccc5)cc4)c3)cc2)cc1. The van der Waals surface area contributed by atoms with Gasteiger partial charge in [0.1, 0.15) is 0 Å². The molecule has 3 heteroatoms. The summed E-state index contributed by atoms with van der Waals surface area (Å²) < 4.78 is 0. The minimum atomic E-state index is 1.08. The molecule has 0 aromatic heterocycles. The molecule has 302 valence electrons. The fraction of sp³-hybridized carbons (Fsp3) is 0.0847. The van der Waals surface area contributed by atoms with E-state index in [0.717, 1.165) is 67.9 Å². The van der Waals surface area contributed by atoms with Crippen LogP contribution in [0.15, 0.2) is 218 Å². The molecule has 0 unspecified atom stereocenters. The second-order valence-corrected chi connectivity index (χ2v) is 16.3. The van der Waals surface area contributed by atoms with Crippen molar-refractivity contribution in [1.29, 1.82) is 0 Å². The van der Waals surface area contributed by atoms with E-state index in [0.29, 0.717) is 0 Å². The van der Waals surface area contributed by atoms with Crippen molar-refractivity contribution in [3.05, 3.63) is 246 Å². The first-order valence-corrected chi connectivity index (χ1v) is 21.4. The second-order valence-electron chi connectivity index (χ2n) is 16.3. The van der Waals surface area contributed by atoms with Crippen molar-refractivity contribution in [3.8, 4) is 22.3 Å². The predicted octanol–water partition coefficient (Wildman–Crippen LogP) is 17.0. The van der Waals surface area contributed by atoms with E-state index >= 15 is 0 Å². The lowest BCUT2D eigenvalue weighted by atomic mass is 9.97. The van der Waals surface area contributed by atoms with Crippen LogP contribution in [0.3, 0.4) is 0 Å². The normalized spacial score (nSPS) is 11.0. The van der Waals surface area contributed by atoms with Crippen LogP contribution in [0.2, 0.25) is 0 Å². The van der Waals surface area contributed by atoms with E-state index in [9.17, 15) is 0 Å². The topological polar surface area (TPSA) is 9.72 Å². The van der Waals surface area contributed by atoms with E-state index < -0.39 is 0 Å². The van der Waals surface area contributed by atoms with Crippen molar-refractivity contribution >= 4 is 51.2 Å². The van der Waals surface area contributed by atoms with Crippen molar-refractivity contribution in [3.63, 3.8) is 0 Å². The van der Waals surface area contributed by atoms with Gasteiger partial charge in [-0.25, -0.2) is 0 Å². The first kappa shape index (κ1) is 39.8. The highest BCUT2D eigenvalue weighted by molar-refractivity contribution is 5.91. The summed E-state index contributed by atoms with van der Waals surface area (Å²) in [7, 11) is 0. The molecule has 0 saturated carbocycles. The van der Waals surface area contributed by atoms with Gasteiger partial charge < -0.3 is 14.7 Å². The summed E-state index contributed by atoms with van der Waals surface area (Å²) in [6.45, 7) is 10.8. The fourth-order valence-electron chi connectivity index (χ4n) is 8.21. The van der Waals surface area contributed by atoms with Gasteiger partial charge in [0, 0.05) is 39.8 Å². The molecule has 0 aliphatic rings. The summed E-state index contributed by atoms with van der Waals surface area (Å²) >= 11 is 0. The van der Waals surface area contributed by atoms with E-state index in [1.165, 1.54) is 33.4 Å². The first-order chi connectivity index (χ1) is 30.3. The van der Waals surface area contributed by atoms with Gasteiger partial charge >= 0.3 is 0 Å². The third kappa shape index (κ3) is 8.39. The Kier molecular flexibility index (Phi) is 11.3. The molecule has 0 heterocycles. The molecule has 9 rings (SSSR count). The molecular formula is C59H51N3. The monoisotopic (exact) mass is 801 g/mol. The van der Waals surface area contributed by atoms with Gasteiger partial charge in [-0.05, 0) is 159 Å². The molecule has 62 heavy (non-hydrogen) atoms. The highest BCUT2D eigenvalue weighted by Gasteiger charge is 2.23. The average Bonchev–Trinajstić information content (AvgIpc) is 3.31. The van der Waals surface area contributed by atoms with E-state index in [-0.39, 0.29) is 0 Å². The number of hydrogen-bond acceptors (Lipinski definition) is 3. The molecule has 0 amide bonds. The Morgan fingerprint density at radius 3 is 0.839 bits per heavy atom. The summed E-state index contributed by atoms with van der Waals surface area (Å²) in [5.74, 6) is 0. The smallest absolute Gasteiger partial charge is 0.0517 e. The molecule has 9 aromatic rings. The zero-order valence-corrected chi connectivity index (χ0v) is 36.1. The number of aryl methyl sites for hydroxylation is 4. The lowest BCUT2D eigenvalue weighted by molar-refractivity contribution is 1.20. The summed E-state index contributed by atoms with van der Waals surface area (Å²) in [4.78, 5) is 7.15. The zero-order valence-electron chi connectivity index (χ0n) is 36.1. The first-order valence-electron chi connectivity index (χ1n) is 21.4. The molecule has 0 spiro atoms. The highest BCUT2D eigenvalue weighted by atomic mass is 15.2. The molecule has 0 aliphatic carbocycles. The van der Waals surface area contributed by atoms with Gasteiger partial charge in [-0.15, -0.1) is 0 Å². The Balaban J connectivity index is 1.24. The van der Waals surface area contributed by atoms with Gasteiger partial charge in [0.25, 0.3) is 0 Å². The van der Waals surface area contributed by atoms with Gasteiger partial charge in [-0.3, -0.25) is 0 Å². The maximum Gasteiger partial charge on any atom is 0.0517 e. The molecule has 9 aromatic carbocycles. The molecule has 0 radical (unpaired) electrons. The number of anilines is 9. The standard InChI is InChI=1S/C59H51N3/c1-42-16-28-52(29-17-42)60(53-30-18-43(2)19-31-53)54-36-26-49(27-37-54)50-40-58(46(5)59(41-50)62(55-32-20-44(3)21-33-55)56-34-22-45(4)23-35-56)61(51-14-10-7-11-15-51)57-38-24-48(25-39-57)47-12-8-6-9-13-47/h6-41H,1-5H3. The second kappa shape index (κ2) is 17.5. The van der Waals surface area contributed by atoms with Gasteiger partial charge in [0.2, 0.25) is 0 Å². The van der Waals surface area contributed by atoms with Crippen LogP contribution in [0.5, 0.6) is 0 Å². The largest absolute Gasteiger partial charge is 0.311 e. The number of hydrogen-bond donors (Lipinski definition) is 0. The summed E-state index contributed by atoms with van der Waals surface area (Å²) in [5.41, 5.74) is 20.6. The van der Waals surface area contributed by atoms with E-state index in [1.807, 2.05) is 0 Å². The van der Waals surface area contributed by atoms with Gasteiger partial charge in [0.15, 0.2) is 0 Å². The van der Waals surface area contributed by atoms with Crippen molar-refractivity contribution in [1.82, 2.24) is 0 Å². The molecule has 0 N–H and O–H groups in total. The Labute approximate surface area is 367 Å². The minimum absolute atomic E-state index is 1.08. The van der Waals surface area contributed by atoms with Crippen LogP contribution in [-0.2, 0) is 0 Å². The van der Waals surface area contributed by atoms with Gasteiger partial charge in [-0.1, -0.05) is 144 Å².